The van der Waals surface area contributed by atoms with Gasteiger partial charge in [0.15, 0.2) is 0 Å². The molecule has 5 nitrogen and oxygen atoms in total. The SMILES string of the molecule is O=C(/C=C/c1ccc(Cl)nc1F)N1CCOC1=O. The summed E-state index contributed by atoms with van der Waals surface area (Å²) >= 11 is 5.49. The third-order valence-corrected chi connectivity index (χ3v) is 2.49. The second-order valence-electron chi connectivity index (χ2n) is 3.45. The summed E-state index contributed by atoms with van der Waals surface area (Å²) in [5.74, 6) is -1.35. The van der Waals surface area contributed by atoms with Crippen molar-refractivity contribution in [3.63, 3.8) is 0 Å². The van der Waals surface area contributed by atoms with E-state index in [-0.39, 0.29) is 23.9 Å². The molecule has 18 heavy (non-hydrogen) atoms. The van der Waals surface area contributed by atoms with Gasteiger partial charge in [0.25, 0.3) is 5.91 Å². The largest absolute Gasteiger partial charge is 0.447 e. The number of nitrogens with zero attached hydrogens (tertiary/aromatic N) is 2. The van der Waals surface area contributed by atoms with Crippen LogP contribution in [0, 0.1) is 5.95 Å². The molecule has 7 heteroatoms. The molecule has 0 aliphatic carbocycles. The maximum atomic E-state index is 13.3. The second-order valence-corrected chi connectivity index (χ2v) is 3.84. The zero-order valence-corrected chi connectivity index (χ0v) is 9.85. The van der Waals surface area contributed by atoms with E-state index in [1.165, 1.54) is 18.2 Å². The van der Waals surface area contributed by atoms with Crippen molar-refractivity contribution in [2.75, 3.05) is 13.2 Å². The summed E-state index contributed by atoms with van der Waals surface area (Å²) in [6.45, 7) is 0.374. The van der Waals surface area contributed by atoms with Crippen LogP contribution in [0.2, 0.25) is 5.15 Å². The Bertz CT molecular complexity index is 533. The fourth-order valence-corrected chi connectivity index (χ4v) is 1.53. The minimum Gasteiger partial charge on any atom is -0.447 e. The maximum Gasteiger partial charge on any atom is 0.416 e. The van der Waals surface area contributed by atoms with Gasteiger partial charge >= 0.3 is 6.09 Å². The summed E-state index contributed by atoms with van der Waals surface area (Å²) in [7, 11) is 0. The molecule has 0 spiro atoms. The van der Waals surface area contributed by atoms with Crippen molar-refractivity contribution in [1.82, 2.24) is 9.88 Å². The number of carbonyl (C=O) groups is 2. The fraction of sp³-hybridized carbons (Fsp3) is 0.182. The van der Waals surface area contributed by atoms with Crippen molar-refractivity contribution >= 4 is 29.7 Å². The summed E-state index contributed by atoms with van der Waals surface area (Å²) < 4.78 is 17.9. The molecule has 0 bridgehead atoms. The van der Waals surface area contributed by atoms with Crippen molar-refractivity contribution in [3.8, 4) is 0 Å². The van der Waals surface area contributed by atoms with Gasteiger partial charge in [0, 0.05) is 11.6 Å². The first kappa shape index (κ1) is 12.5. The average Bonchev–Trinajstić information content (AvgIpc) is 2.74. The van der Waals surface area contributed by atoms with Gasteiger partial charge in [-0.2, -0.15) is 4.39 Å². The zero-order valence-electron chi connectivity index (χ0n) is 9.10. The number of aromatic nitrogens is 1. The van der Waals surface area contributed by atoms with E-state index < -0.39 is 17.9 Å². The standard InChI is InChI=1S/C11H8ClFN2O3/c12-8-3-1-7(10(13)14-8)2-4-9(16)15-5-6-18-11(15)17/h1-4H,5-6H2/b4-2+. The van der Waals surface area contributed by atoms with Gasteiger partial charge in [-0.3, -0.25) is 4.79 Å². The van der Waals surface area contributed by atoms with Crippen LogP contribution >= 0.6 is 11.6 Å². The average molecular weight is 271 g/mol. The van der Waals surface area contributed by atoms with Crippen molar-refractivity contribution < 1.29 is 18.7 Å². The predicted octanol–water partition coefficient (Wildman–Crippen LogP) is 1.87. The highest BCUT2D eigenvalue weighted by molar-refractivity contribution is 6.29. The molecular formula is C11H8ClFN2O3. The Morgan fingerprint density at radius 1 is 1.56 bits per heavy atom. The molecule has 0 N–H and O–H groups in total. The van der Waals surface area contributed by atoms with Crippen LogP contribution in [-0.2, 0) is 9.53 Å². The van der Waals surface area contributed by atoms with E-state index >= 15 is 0 Å². The number of imide groups is 1. The number of cyclic esters (lactones) is 1. The molecule has 0 saturated carbocycles. The minimum atomic E-state index is -0.782. The lowest BCUT2D eigenvalue weighted by Crippen LogP contribution is -2.29. The maximum absolute atomic E-state index is 13.3. The lowest BCUT2D eigenvalue weighted by Gasteiger charge is -2.06. The van der Waals surface area contributed by atoms with Gasteiger partial charge in [0.05, 0.1) is 6.54 Å². The molecule has 0 atom stereocenters. The Balaban J connectivity index is 2.10. The Kier molecular flexibility index (Phi) is 3.57. The molecular weight excluding hydrogens is 263 g/mol. The fourth-order valence-electron chi connectivity index (χ4n) is 1.39. The number of hydrogen-bond acceptors (Lipinski definition) is 4. The van der Waals surface area contributed by atoms with Crippen molar-refractivity contribution in [1.29, 1.82) is 0 Å². The number of halogens is 2. The Hall–Kier alpha value is -1.95. The van der Waals surface area contributed by atoms with E-state index in [4.69, 9.17) is 11.6 Å². The van der Waals surface area contributed by atoms with Gasteiger partial charge in [-0.1, -0.05) is 11.6 Å². The van der Waals surface area contributed by atoms with Gasteiger partial charge < -0.3 is 4.74 Å². The van der Waals surface area contributed by atoms with E-state index in [0.29, 0.717) is 0 Å². The Morgan fingerprint density at radius 2 is 2.33 bits per heavy atom. The molecule has 2 amide bonds. The molecule has 0 aromatic carbocycles. The molecule has 1 fully saturated rings. The molecule has 1 aliphatic rings. The van der Waals surface area contributed by atoms with Crippen LogP contribution in [-0.4, -0.2) is 35.0 Å². The van der Waals surface area contributed by atoms with Crippen LogP contribution in [0.15, 0.2) is 18.2 Å². The van der Waals surface area contributed by atoms with Crippen LogP contribution in [0.5, 0.6) is 0 Å². The minimum absolute atomic E-state index is 0.0269. The predicted molar refractivity (Wildman–Crippen MR) is 61.3 cm³/mol. The zero-order chi connectivity index (χ0) is 13.1. The molecule has 2 rings (SSSR count). The number of rotatable bonds is 2. The van der Waals surface area contributed by atoms with E-state index in [2.05, 4.69) is 9.72 Å². The first-order valence-electron chi connectivity index (χ1n) is 5.06. The summed E-state index contributed by atoms with van der Waals surface area (Å²) in [6, 6.07) is 2.79. The van der Waals surface area contributed by atoms with Crippen LogP contribution in [0.4, 0.5) is 9.18 Å². The number of hydrogen-bond donors (Lipinski definition) is 0. The number of carbonyl (C=O) groups excluding carboxylic acids is 2. The molecule has 1 aromatic rings. The Morgan fingerprint density at radius 3 is 2.94 bits per heavy atom. The van der Waals surface area contributed by atoms with Gasteiger partial charge in [0.2, 0.25) is 5.95 Å². The summed E-state index contributed by atoms with van der Waals surface area (Å²) in [4.78, 5) is 27.0. The Labute approximate surface area is 107 Å². The van der Waals surface area contributed by atoms with Gasteiger partial charge in [0.1, 0.15) is 11.8 Å². The van der Waals surface area contributed by atoms with Gasteiger partial charge in [-0.15, -0.1) is 0 Å². The molecule has 1 aliphatic heterocycles. The third kappa shape index (κ3) is 2.65. The van der Waals surface area contributed by atoms with Crippen LogP contribution < -0.4 is 0 Å². The highest BCUT2D eigenvalue weighted by Crippen LogP contribution is 2.12. The molecule has 94 valence electrons. The first-order chi connectivity index (χ1) is 8.58. The number of ether oxygens (including phenoxy) is 1. The van der Waals surface area contributed by atoms with Crippen LogP contribution in [0.1, 0.15) is 5.56 Å². The first-order valence-corrected chi connectivity index (χ1v) is 5.44. The summed E-state index contributed by atoms with van der Waals surface area (Å²) in [5, 5.41) is 0.0269. The normalized spacial score (nSPS) is 15.2. The quantitative estimate of drug-likeness (QED) is 0.608. The molecule has 1 saturated heterocycles. The lowest BCUT2D eigenvalue weighted by atomic mass is 10.2. The van der Waals surface area contributed by atoms with Crippen molar-refractivity contribution in [2.24, 2.45) is 0 Å². The molecule has 0 radical (unpaired) electrons. The van der Waals surface area contributed by atoms with E-state index in [9.17, 15) is 14.0 Å². The van der Waals surface area contributed by atoms with E-state index in [1.54, 1.807) is 0 Å². The summed E-state index contributed by atoms with van der Waals surface area (Å²) in [5.41, 5.74) is 0.111. The highest BCUT2D eigenvalue weighted by atomic mass is 35.5. The topological polar surface area (TPSA) is 59.5 Å². The highest BCUT2D eigenvalue weighted by Gasteiger charge is 2.26. The smallest absolute Gasteiger partial charge is 0.416 e. The number of amides is 2. The van der Waals surface area contributed by atoms with Crippen molar-refractivity contribution in [3.05, 3.63) is 34.9 Å². The second kappa shape index (κ2) is 5.14. The molecule has 0 unspecified atom stereocenters. The summed E-state index contributed by atoms with van der Waals surface area (Å²) in [6.07, 6.45) is 1.62. The lowest BCUT2D eigenvalue weighted by molar-refractivity contribution is -0.122. The number of pyridine rings is 1. The molecule has 2 heterocycles. The van der Waals surface area contributed by atoms with Crippen molar-refractivity contribution in [2.45, 2.75) is 0 Å². The van der Waals surface area contributed by atoms with Crippen LogP contribution in [0.25, 0.3) is 6.08 Å². The van der Waals surface area contributed by atoms with Crippen LogP contribution in [0.3, 0.4) is 0 Å². The van der Waals surface area contributed by atoms with Gasteiger partial charge in [-0.05, 0) is 18.2 Å². The monoisotopic (exact) mass is 270 g/mol. The molecule has 1 aromatic heterocycles. The van der Waals surface area contributed by atoms with E-state index in [1.807, 2.05) is 0 Å². The van der Waals surface area contributed by atoms with E-state index in [0.717, 1.165) is 11.0 Å². The van der Waals surface area contributed by atoms with Gasteiger partial charge in [-0.25, -0.2) is 14.7 Å². The third-order valence-electron chi connectivity index (χ3n) is 2.28.